The highest BCUT2D eigenvalue weighted by Crippen LogP contribution is 2.32. The minimum absolute atomic E-state index is 0.000657. The van der Waals surface area contributed by atoms with Crippen LogP contribution in [-0.2, 0) is 4.74 Å². The van der Waals surface area contributed by atoms with Gasteiger partial charge < -0.3 is 4.74 Å². The van der Waals surface area contributed by atoms with Crippen LogP contribution < -0.4 is 5.32 Å². The Bertz CT molecular complexity index is 961. The van der Waals surface area contributed by atoms with Gasteiger partial charge in [0.15, 0.2) is 5.65 Å². The first-order valence-corrected chi connectivity index (χ1v) is 9.55. The number of hydrogen-bond donors (Lipinski definition) is 1. The molecular formula is C16H16BrN5O2S. The van der Waals surface area contributed by atoms with Gasteiger partial charge in [-0.15, -0.1) is 10.2 Å². The third kappa shape index (κ3) is 3.07. The number of imidazole rings is 1. The summed E-state index contributed by atoms with van der Waals surface area (Å²) >= 11 is 4.86. The van der Waals surface area contributed by atoms with Crippen molar-refractivity contribution in [1.82, 2.24) is 19.6 Å². The lowest BCUT2D eigenvalue weighted by molar-refractivity contribution is 0.102. The molecule has 0 saturated carbocycles. The zero-order valence-corrected chi connectivity index (χ0v) is 16.1. The zero-order chi connectivity index (χ0) is 17.6. The number of carbonyl (C=O) groups excluding carboxylic acids is 1. The molecule has 1 aliphatic heterocycles. The fraction of sp³-hybridized carbons (Fsp3) is 0.375. The van der Waals surface area contributed by atoms with Crippen molar-refractivity contribution >= 4 is 44.0 Å². The molecule has 0 aromatic carbocycles. The van der Waals surface area contributed by atoms with Crippen LogP contribution in [-0.4, -0.2) is 32.1 Å². The molecule has 1 unspecified atom stereocenters. The van der Waals surface area contributed by atoms with Gasteiger partial charge in [0, 0.05) is 12.8 Å². The Morgan fingerprint density at radius 2 is 2.28 bits per heavy atom. The van der Waals surface area contributed by atoms with Crippen molar-refractivity contribution in [2.45, 2.75) is 32.8 Å². The van der Waals surface area contributed by atoms with Gasteiger partial charge in [-0.05, 0) is 54.2 Å². The topological polar surface area (TPSA) is 81.4 Å². The minimum Gasteiger partial charge on any atom is -0.371 e. The van der Waals surface area contributed by atoms with Crippen molar-refractivity contribution < 1.29 is 9.53 Å². The molecule has 25 heavy (non-hydrogen) atoms. The molecule has 4 rings (SSSR count). The second-order valence-corrected chi connectivity index (χ2v) is 7.87. The summed E-state index contributed by atoms with van der Waals surface area (Å²) in [5.41, 5.74) is 2.90. The Hall–Kier alpha value is -1.84. The molecule has 130 valence electrons. The Kier molecular flexibility index (Phi) is 4.30. The number of pyridine rings is 1. The summed E-state index contributed by atoms with van der Waals surface area (Å²) < 4.78 is 8.26. The monoisotopic (exact) mass is 421 g/mol. The fourth-order valence-electron chi connectivity index (χ4n) is 2.96. The van der Waals surface area contributed by atoms with Crippen LogP contribution >= 0.6 is 27.3 Å². The average Bonchev–Trinajstić information content (AvgIpc) is 3.25. The lowest BCUT2D eigenvalue weighted by Gasteiger charge is -2.05. The van der Waals surface area contributed by atoms with Gasteiger partial charge in [-0.2, -0.15) is 0 Å². The molecule has 1 N–H and O–H groups in total. The van der Waals surface area contributed by atoms with Crippen LogP contribution in [0.4, 0.5) is 5.13 Å². The number of rotatable bonds is 3. The van der Waals surface area contributed by atoms with Crippen LogP contribution in [0.25, 0.3) is 5.65 Å². The summed E-state index contributed by atoms with van der Waals surface area (Å²) in [4.78, 5) is 17.3. The first-order chi connectivity index (χ1) is 12.0. The summed E-state index contributed by atoms with van der Waals surface area (Å²) in [6, 6.07) is 1.97. The number of halogens is 1. The molecule has 1 aliphatic rings. The molecular weight excluding hydrogens is 406 g/mol. The van der Waals surface area contributed by atoms with Gasteiger partial charge in [-0.3, -0.25) is 14.5 Å². The first-order valence-electron chi connectivity index (χ1n) is 7.94. The number of carbonyl (C=O) groups is 1. The van der Waals surface area contributed by atoms with Crippen molar-refractivity contribution in [1.29, 1.82) is 0 Å². The third-order valence-corrected chi connectivity index (χ3v) is 5.58. The summed E-state index contributed by atoms with van der Waals surface area (Å²) in [7, 11) is 0. The van der Waals surface area contributed by atoms with Gasteiger partial charge in [0.05, 0.1) is 10.2 Å². The average molecular weight is 422 g/mol. The summed E-state index contributed by atoms with van der Waals surface area (Å²) in [6.07, 6.45) is 3.87. The van der Waals surface area contributed by atoms with E-state index < -0.39 is 0 Å². The number of hydrogen-bond acceptors (Lipinski definition) is 6. The quantitative estimate of drug-likeness (QED) is 0.697. The molecule has 0 bridgehead atoms. The number of nitrogens with zero attached hydrogens (tertiary/aromatic N) is 4. The van der Waals surface area contributed by atoms with Crippen LogP contribution in [0, 0.1) is 13.8 Å². The van der Waals surface area contributed by atoms with Crippen LogP contribution in [0.3, 0.4) is 0 Å². The molecule has 0 aliphatic carbocycles. The van der Waals surface area contributed by atoms with Crippen molar-refractivity contribution in [3.63, 3.8) is 0 Å². The summed E-state index contributed by atoms with van der Waals surface area (Å²) in [6.45, 7) is 4.54. The Balaban J connectivity index is 1.63. The number of anilines is 1. The van der Waals surface area contributed by atoms with Gasteiger partial charge in [0.1, 0.15) is 16.8 Å². The molecule has 1 saturated heterocycles. The van der Waals surface area contributed by atoms with Gasteiger partial charge >= 0.3 is 0 Å². The van der Waals surface area contributed by atoms with Crippen molar-refractivity contribution in [2.75, 3.05) is 11.9 Å². The summed E-state index contributed by atoms with van der Waals surface area (Å²) in [5, 5.41) is 12.3. The molecule has 7 nitrogen and oxygen atoms in total. The lowest BCUT2D eigenvalue weighted by Crippen LogP contribution is -2.15. The number of ether oxygens (including phenoxy) is 1. The van der Waals surface area contributed by atoms with Crippen LogP contribution in [0.2, 0.25) is 0 Å². The Morgan fingerprint density at radius 3 is 3.04 bits per heavy atom. The highest BCUT2D eigenvalue weighted by molar-refractivity contribution is 9.10. The van der Waals surface area contributed by atoms with E-state index in [0.29, 0.717) is 22.2 Å². The number of amides is 1. The number of aryl methyl sites for hydroxylation is 2. The predicted molar refractivity (Wildman–Crippen MR) is 98.2 cm³/mol. The molecule has 4 heterocycles. The number of nitrogens with one attached hydrogen (secondary N) is 1. The lowest BCUT2D eigenvalue weighted by atomic mass is 10.2. The van der Waals surface area contributed by atoms with Crippen LogP contribution in [0.1, 0.15) is 45.7 Å². The van der Waals surface area contributed by atoms with Gasteiger partial charge in [0.25, 0.3) is 5.91 Å². The van der Waals surface area contributed by atoms with E-state index in [2.05, 4.69) is 36.4 Å². The smallest absolute Gasteiger partial charge is 0.276 e. The van der Waals surface area contributed by atoms with Crippen molar-refractivity contribution in [3.8, 4) is 0 Å². The standard InChI is InChI=1S/C16H16BrN5O2S/c1-8-6-10(17)13-18-9(2)12(22(13)7-8)14(23)19-16-21-20-15(25-16)11-4-3-5-24-11/h6-7,11H,3-5H2,1-2H3,(H,19,21,23). The number of fused-ring (bicyclic) bond motifs is 1. The van der Waals surface area contributed by atoms with E-state index in [0.717, 1.165) is 34.5 Å². The van der Waals surface area contributed by atoms with Gasteiger partial charge in [0.2, 0.25) is 5.13 Å². The molecule has 1 fully saturated rings. The number of aromatic nitrogens is 4. The van der Waals surface area contributed by atoms with E-state index in [9.17, 15) is 4.79 Å². The second-order valence-electron chi connectivity index (χ2n) is 6.01. The van der Waals surface area contributed by atoms with Gasteiger partial charge in [-0.25, -0.2) is 4.98 Å². The van der Waals surface area contributed by atoms with E-state index >= 15 is 0 Å². The van der Waals surface area contributed by atoms with E-state index in [4.69, 9.17) is 4.74 Å². The normalized spacial score (nSPS) is 17.3. The van der Waals surface area contributed by atoms with E-state index in [1.165, 1.54) is 11.3 Å². The first kappa shape index (κ1) is 16.6. The maximum Gasteiger partial charge on any atom is 0.276 e. The Morgan fingerprint density at radius 1 is 1.44 bits per heavy atom. The molecule has 0 spiro atoms. The predicted octanol–water partition coefficient (Wildman–Crippen LogP) is 3.67. The fourth-order valence-corrected chi connectivity index (χ4v) is 4.43. The highest BCUT2D eigenvalue weighted by atomic mass is 79.9. The maximum atomic E-state index is 12.8. The molecule has 9 heteroatoms. The van der Waals surface area contributed by atoms with Crippen molar-refractivity contribution in [2.24, 2.45) is 0 Å². The van der Waals surface area contributed by atoms with Gasteiger partial charge in [-0.1, -0.05) is 11.3 Å². The third-order valence-electron chi connectivity index (χ3n) is 4.07. The van der Waals surface area contributed by atoms with Crippen molar-refractivity contribution in [3.05, 3.63) is 38.7 Å². The molecule has 1 amide bonds. The largest absolute Gasteiger partial charge is 0.371 e. The minimum atomic E-state index is -0.252. The summed E-state index contributed by atoms with van der Waals surface area (Å²) in [5.74, 6) is -0.252. The molecule has 0 radical (unpaired) electrons. The van der Waals surface area contributed by atoms with E-state index in [-0.39, 0.29) is 12.0 Å². The van der Waals surface area contributed by atoms with Crippen LogP contribution in [0.15, 0.2) is 16.7 Å². The molecule has 1 atom stereocenters. The zero-order valence-electron chi connectivity index (χ0n) is 13.7. The highest BCUT2D eigenvalue weighted by Gasteiger charge is 2.24. The molecule has 3 aromatic heterocycles. The molecule has 3 aromatic rings. The van der Waals surface area contributed by atoms with E-state index in [1.54, 1.807) is 4.40 Å². The van der Waals surface area contributed by atoms with Crippen LogP contribution in [0.5, 0.6) is 0 Å². The Labute approximate surface area is 156 Å². The second kappa shape index (κ2) is 6.47. The van der Waals surface area contributed by atoms with E-state index in [1.807, 2.05) is 26.1 Å². The SMILES string of the molecule is Cc1cc(Br)c2nc(C)c(C(=O)Nc3nnc(C4CCCO4)s3)n2c1. The maximum absolute atomic E-state index is 12.8.